The van der Waals surface area contributed by atoms with Crippen LogP contribution in [-0.4, -0.2) is 31.8 Å². The number of aromatic nitrogens is 2. The van der Waals surface area contributed by atoms with Gasteiger partial charge in [0.05, 0.1) is 12.8 Å². The lowest BCUT2D eigenvalue weighted by molar-refractivity contribution is 0.398. The Balaban J connectivity index is 2.74. The summed E-state index contributed by atoms with van der Waals surface area (Å²) >= 11 is 7.37. The van der Waals surface area contributed by atoms with Gasteiger partial charge >= 0.3 is 0 Å². The van der Waals surface area contributed by atoms with Gasteiger partial charge in [-0.2, -0.15) is 8.42 Å². The summed E-state index contributed by atoms with van der Waals surface area (Å²) in [5, 5.41) is 0.979. The SMILES string of the molecule is COS(=O)(=O)c1ccc(Cl)cc1-c1cc(C)nc(SC)n1. The molecule has 0 saturated carbocycles. The summed E-state index contributed by atoms with van der Waals surface area (Å²) in [4.78, 5) is 8.62. The zero-order valence-corrected chi connectivity index (χ0v) is 14.0. The Kier molecular flexibility index (Phi) is 4.88. The quantitative estimate of drug-likeness (QED) is 0.482. The molecule has 0 radical (unpaired) electrons. The van der Waals surface area contributed by atoms with Crippen LogP contribution in [0.15, 0.2) is 34.3 Å². The molecule has 5 nitrogen and oxygen atoms in total. The molecule has 2 rings (SSSR count). The third-order valence-electron chi connectivity index (χ3n) is 2.72. The van der Waals surface area contributed by atoms with Gasteiger partial charge in [0.2, 0.25) is 0 Å². The molecule has 0 bridgehead atoms. The van der Waals surface area contributed by atoms with Crippen LogP contribution in [0.3, 0.4) is 0 Å². The van der Waals surface area contributed by atoms with Crippen LogP contribution in [0.1, 0.15) is 5.69 Å². The molecule has 0 atom stereocenters. The molecule has 0 amide bonds. The van der Waals surface area contributed by atoms with E-state index >= 15 is 0 Å². The minimum Gasteiger partial charge on any atom is -0.270 e. The van der Waals surface area contributed by atoms with E-state index in [-0.39, 0.29) is 4.90 Å². The molecule has 0 N–H and O–H groups in total. The van der Waals surface area contributed by atoms with Crippen LogP contribution in [0.2, 0.25) is 5.02 Å². The van der Waals surface area contributed by atoms with Crippen LogP contribution in [0, 0.1) is 6.92 Å². The van der Waals surface area contributed by atoms with E-state index < -0.39 is 10.1 Å². The minimum absolute atomic E-state index is 0.0274. The maximum absolute atomic E-state index is 12.0. The molecule has 1 aromatic heterocycles. The van der Waals surface area contributed by atoms with Crippen molar-refractivity contribution in [3.63, 3.8) is 0 Å². The molecular formula is C13H13ClN2O3S2. The average molecular weight is 345 g/mol. The maximum Gasteiger partial charge on any atom is 0.297 e. The minimum atomic E-state index is -3.85. The van der Waals surface area contributed by atoms with E-state index in [9.17, 15) is 8.42 Å². The van der Waals surface area contributed by atoms with Gasteiger partial charge in [-0.25, -0.2) is 9.97 Å². The summed E-state index contributed by atoms with van der Waals surface area (Å²) in [5.74, 6) is 0. The maximum atomic E-state index is 12.0. The molecule has 0 spiro atoms. The first-order valence-corrected chi connectivity index (χ1v) is 8.88. The van der Waals surface area contributed by atoms with Gasteiger partial charge < -0.3 is 0 Å². The van der Waals surface area contributed by atoms with Crippen molar-refractivity contribution >= 4 is 33.5 Å². The van der Waals surface area contributed by atoms with Crippen LogP contribution in [0.5, 0.6) is 0 Å². The van der Waals surface area contributed by atoms with Crippen molar-refractivity contribution in [1.82, 2.24) is 9.97 Å². The molecule has 1 heterocycles. The summed E-state index contributed by atoms with van der Waals surface area (Å²) in [6.45, 7) is 1.82. The Bertz CT molecular complexity index is 779. The summed E-state index contributed by atoms with van der Waals surface area (Å²) in [6, 6.07) is 6.17. The molecule has 0 aliphatic rings. The second-order valence-corrected chi connectivity index (χ2v) is 7.03. The lowest BCUT2D eigenvalue weighted by atomic mass is 10.1. The topological polar surface area (TPSA) is 69.2 Å². The standard InChI is InChI=1S/C13H13ClN2O3S2/c1-8-6-11(16-13(15-8)20-3)10-7-9(14)4-5-12(10)21(17,18)19-2/h4-7H,1-3H3. The number of nitrogens with zero attached hydrogens (tertiary/aromatic N) is 2. The van der Waals surface area contributed by atoms with Crippen molar-refractivity contribution in [1.29, 1.82) is 0 Å². The highest BCUT2D eigenvalue weighted by atomic mass is 35.5. The van der Waals surface area contributed by atoms with Gasteiger partial charge in [-0.05, 0) is 37.4 Å². The Morgan fingerprint density at radius 2 is 1.95 bits per heavy atom. The second-order valence-electron chi connectivity index (χ2n) is 4.14. The Morgan fingerprint density at radius 3 is 2.57 bits per heavy atom. The van der Waals surface area contributed by atoms with E-state index in [4.69, 9.17) is 11.6 Å². The summed E-state index contributed by atoms with van der Waals surface area (Å²) in [6.07, 6.45) is 1.85. The van der Waals surface area contributed by atoms with Crippen LogP contribution in [0.4, 0.5) is 0 Å². The Morgan fingerprint density at radius 1 is 1.24 bits per heavy atom. The van der Waals surface area contributed by atoms with Gasteiger partial charge in [-0.1, -0.05) is 23.4 Å². The number of hydrogen-bond donors (Lipinski definition) is 0. The molecule has 2 aromatic rings. The summed E-state index contributed by atoms with van der Waals surface area (Å²) < 4.78 is 28.7. The van der Waals surface area contributed by atoms with E-state index in [0.29, 0.717) is 21.4 Å². The number of halogens is 1. The van der Waals surface area contributed by atoms with E-state index in [0.717, 1.165) is 12.8 Å². The first-order valence-electron chi connectivity index (χ1n) is 5.87. The van der Waals surface area contributed by atoms with Crippen LogP contribution >= 0.6 is 23.4 Å². The van der Waals surface area contributed by atoms with E-state index in [1.54, 1.807) is 12.1 Å². The predicted molar refractivity (Wildman–Crippen MR) is 83.2 cm³/mol. The smallest absolute Gasteiger partial charge is 0.270 e. The van der Waals surface area contributed by atoms with E-state index in [1.807, 2.05) is 13.2 Å². The van der Waals surface area contributed by atoms with E-state index in [1.165, 1.54) is 23.9 Å². The van der Waals surface area contributed by atoms with Crippen molar-refractivity contribution in [2.75, 3.05) is 13.4 Å². The van der Waals surface area contributed by atoms with Gasteiger partial charge in [0, 0.05) is 16.3 Å². The largest absolute Gasteiger partial charge is 0.297 e. The average Bonchev–Trinajstić information content (AvgIpc) is 2.46. The molecule has 1 aromatic carbocycles. The zero-order chi connectivity index (χ0) is 15.6. The van der Waals surface area contributed by atoms with Crippen molar-refractivity contribution in [2.24, 2.45) is 0 Å². The summed E-state index contributed by atoms with van der Waals surface area (Å²) in [7, 11) is -2.73. The number of rotatable bonds is 4. The van der Waals surface area contributed by atoms with Gasteiger partial charge in [0.25, 0.3) is 10.1 Å². The highest BCUT2D eigenvalue weighted by molar-refractivity contribution is 7.98. The number of thioether (sulfide) groups is 1. The third-order valence-corrected chi connectivity index (χ3v) is 4.84. The van der Waals surface area contributed by atoms with Crippen molar-refractivity contribution < 1.29 is 12.6 Å². The highest BCUT2D eigenvalue weighted by Crippen LogP contribution is 2.31. The fourth-order valence-corrected chi connectivity index (χ4v) is 3.22. The lowest BCUT2D eigenvalue weighted by Crippen LogP contribution is -2.06. The number of hydrogen-bond acceptors (Lipinski definition) is 6. The van der Waals surface area contributed by atoms with Gasteiger partial charge in [0.1, 0.15) is 4.90 Å². The van der Waals surface area contributed by atoms with Crippen molar-refractivity contribution in [3.05, 3.63) is 35.0 Å². The molecule has 0 saturated heterocycles. The predicted octanol–water partition coefficient (Wildman–Crippen LogP) is 3.16. The molecule has 112 valence electrons. The van der Waals surface area contributed by atoms with Crippen LogP contribution in [0.25, 0.3) is 11.3 Å². The van der Waals surface area contributed by atoms with Crippen molar-refractivity contribution in [2.45, 2.75) is 17.0 Å². The lowest BCUT2D eigenvalue weighted by Gasteiger charge is -2.10. The molecule has 21 heavy (non-hydrogen) atoms. The molecule has 0 aliphatic heterocycles. The number of benzene rings is 1. The highest BCUT2D eigenvalue weighted by Gasteiger charge is 2.20. The summed E-state index contributed by atoms with van der Waals surface area (Å²) in [5.41, 5.74) is 1.63. The van der Waals surface area contributed by atoms with Gasteiger partial charge in [-0.15, -0.1) is 0 Å². The molecule has 8 heteroatoms. The zero-order valence-electron chi connectivity index (χ0n) is 11.6. The van der Waals surface area contributed by atoms with E-state index in [2.05, 4.69) is 14.2 Å². The van der Waals surface area contributed by atoms with Crippen LogP contribution < -0.4 is 0 Å². The first kappa shape index (κ1) is 16.2. The monoisotopic (exact) mass is 344 g/mol. The van der Waals surface area contributed by atoms with Gasteiger partial charge in [0.15, 0.2) is 5.16 Å². The second kappa shape index (κ2) is 6.31. The van der Waals surface area contributed by atoms with Crippen LogP contribution in [-0.2, 0) is 14.3 Å². The first-order chi connectivity index (χ1) is 9.87. The normalized spacial score (nSPS) is 11.6. The number of aryl methyl sites for hydroxylation is 1. The fraction of sp³-hybridized carbons (Fsp3) is 0.231. The molecule has 0 fully saturated rings. The van der Waals surface area contributed by atoms with Gasteiger partial charge in [-0.3, -0.25) is 4.18 Å². The Labute approximate surface area is 132 Å². The third kappa shape index (κ3) is 3.55. The van der Waals surface area contributed by atoms with Crippen molar-refractivity contribution in [3.8, 4) is 11.3 Å². The molecule has 0 unspecified atom stereocenters. The Hall–Kier alpha value is -1.15. The molecule has 0 aliphatic carbocycles. The molecular weight excluding hydrogens is 332 g/mol. The fourth-order valence-electron chi connectivity index (χ4n) is 1.78.